The Labute approximate surface area is 201 Å². The lowest BCUT2D eigenvalue weighted by molar-refractivity contribution is -0.676. The molecule has 0 radical (unpaired) electrons. The van der Waals surface area contributed by atoms with Crippen molar-refractivity contribution in [1.29, 1.82) is 0 Å². The Bertz CT molecular complexity index is 1170. The van der Waals surface area contributed by atoms with Crippen molar-refractivity contribution in [3.8, 4) is 33.6 Å². The van der Waals surface area contributed by atoms with Gasteiger partial charge in [-0.05, 0) is 35.4 Å². The van der Waals surface area contributed by atoms with E-state index in [1.165, 1.54) is 12.5 Å². The second-order valence-corrected chi connectivity index (χ2v) is 7.60. The van der Waals surface area contributed by atoms with E-state index in [0.717, 1.165) is 28.1 Å². The van der Waals surface area contributed by atoms with Gasteiger partial charge >= 0.3 is 13.2 Å². The van der Waals surface area contributed by atoms with Crippen LogP contribution in [-0.2, 0) is 16.1 Å². The Hall–Kier alpha value is -3.94. The second kappa shape index (κ2) is 12.0. The molecule has 0 bridgehead atoms. The Balaban J connectivity index is 0.000000623. The third-order valence-electron chi connectivity index (χ3n) is 5.03. The number of ether oxygens (including phenoxy) is 1. The van der Waals surface area contributed by atoms with Gasteiger partial charge in [0.05, 0.1) is 0 Å². The molecule has 0 spiro atoms. The van der Waals surface area contributed by atoms with Gasteiger partial charge in [0.25, 0.3) is 0 Å². The van der Waals surface area contributed by atoms with Crippen molar-refractivity contribution >= 4 is 13.2 Å². The average Bonchev–Trinajstić information content (AvgIpc) is 2.84. The second-order valence-electron chi connectivity index (χ2n) is 7.60. The SMILES string of the molecule is CC(=O)OCC[n+]1c(-c2ccccc2)cc(-c2ccccc2)cc1-c1ccccc1.F[B-](F)(F)F. The lowest BCUT2D eigenvalue weighted by Gasteiger charge is -2.13. The first-order chi connectivity index (χ1) is 16.7. The van der Waals surface area contributed by atoms with Crippen molar-refractivity contribution < 1.29 is 31.4 Å². The lowest BCUT2D eigenvalue weighted by Crippen LogP contribution is -2.41. The first-order valence-electron chi connectivity index (χ1n) is 11.0. The van der Waals surface area contributed by atoms with E-state index in [1.807, 2.05) is 42.5 Å². The molecule has 0 aliphatic heterocycles. The highest BCUT2D eigenvalue weighted by Crippen LogP contribution is 2.29. The van der Waals surface area contributed by atoms with Gasteiger partial charge in [-0.3, -0.25) is 4.79 Å². The number of esters is 1. The van der Waals surface area contributed by atoms with E-state index < -0.39 is 7.25 Å². The fraction of sp³-hybridized carbons (Fsp3) is 0.111. The topological polar surface area (TPSA) is 30.2 Å². The van der Waals surface area contributed by atoms with Crippen molar-refractivity contribution in [2.45, 2.75) is 13.5 Å². The van der Waals surface area contributed by atoms with Crippen LogP contribution in [0.1, 0.15) is 6.92 Å². The van der Waals surface area contributed by atoms with Crippen molar-refractivity contribution in [2.24, 2.45) is 0 Å². The zero-order valence-corrected chi connectivity index (χ0v) is 19.1. The largest absolute Gasteiger partial charge is 0.673 e. The lowest BCUT2D eigenvalue weighted by atomic mass is 9.99. The third kappa shape index (κ3) is 8.10. The maximum Gasteiger partial charge on any atom is 0.673 e. The molecule has 0 saturated carbocycles. The summed E-state index contributed by atoms with van der Waals surface area (Å²) in [6, 6.07) is 35.5. The van der Waals surface area contributed by atoms with Gasteiger partial charge in [-0.15, -0.1) is 0 Å². The number of halogens is 4. The van der Waals surface area contributed by atoms with E-state index in [9.17, 15) is 22.1 Å². The summed E-state index contributed by atoms with van der Waals surface area (Å²) in [7, 11) is -6.00. The molecular weight excluding hydrogens is 457 g/mol. The van der Waals surface area contributed by atoms with Gasteiger partial charge in [0.2, 0.25) is 11.4 Å². The summed E-state index contributed by atoms with van der Waals surface area (Å²) < 4.78 is 46.5. The minimum atomic E-state index is -6.00. The monoisotopic (exact) mass is 481 g/mol. The van der Waals surface area contributed by atoms with E-state index in [1.54, 1.807) is 0 Å². The van der Waals surface area contributed by atoms with E-state index in [-0.39, 0.29) is 5.97 Å². The molecule has 3 nitrogen and oxygen atoms in total. The number of nitrogens with zero attached hydrogens (tertiary/aromatic N) is 1. The molecule has 0 saturated heterocycles. The van der Waals surface area contributed by atoms with Crippen LogP contribution in [-0.4, -0.2) is 19.8 Å². The Kier molecular flexibility index (Phi) is 8.78. The molecule has 1 aromatic heterocycles. The quantitative estimate of drug-likeness (QED) is 0.131. The molecule has 1 heterocycles. The molecule has 3 aromatic carbocycles. The number of rotatable bonds is 6. The molecule has 8 heteroatoms. The summed E-state index contributed by atoms with van der Waals surface area (Å²) in [5.41, 5.74) is 6.73. The fourth-order valence-electron chi connectivity index (χ4n) is 3.64. The molecule has 0 fully saturated rings. The molecule has 0 amide bonds. The standard InChI is InChI=1S/C27H24NO2.BF4/c1-21(29)30-18-17-28-26(23-13-7-3-8-14-23)19-25(22-11-5-2-6-12-22)20-27(28)24-15-9-4-10-16-24;2-1(3,4)5/h2-16,19-20H,17-18H2,1H3;/q+1;-1. The Morgan fingerprint density at radius 2 is 1.06 bits per heavy atom. The van der Waals surface area contributed by atoms with Gasteiger partial charge in [0.1, 0.15) is 0 Å². The highest BCUT2D eigenvalue weighted by molar-refractivity contribution is 6.50. The minimum absolute atomic E-state index is 0.265. The third-order valence-corrected chi connectivity index (χ3v) is 5.03. The molecule has 0 unspecified atom stereocenters. The van der Waals surface area contributed by atoms with E-state index in [2.05, 4.69) is 65.2 Å². The maximum absolute atomic E-state index is 11.4. The van der Waals surface area contributed by atoms with Gasteiger partial charge in [-0.2, -0.15) is 4.57 Å². The first-order valence-corrected chi connectivity index (χ1v) is 11.0. The Morgan fingerprint density at radius 3 is 1.43 bits per heavy atom. The van der Waals surface area contributed by atoms with Crippen molar-refractivity contribution in [1.82, 2.24) is 0 Å². The van der Waals surface area contributed by atoms with Crippen LogP contribution < -0.4 is 4.57 Å². The van der Waals surface area contributed by atoms with Gasteiger partial charge in [0, 0.05) is 30.2 Å². The zero-order chi connectivity index (χ0) is 25.3. The van der Waals surface area contributed by atoms with Crippen LogP contribution in [0.15, 0.2) is 103 Å². The predicted molar refractivity (Wildman–Crippen MR) is 130 cm³/mol. The van der Waals surface area contributed by atoms with E-state index in [4.69, 9.17) is 4.74 Å². The number of aromatic nitrogens is 1. The molecule has 0 aliphatic carbocycles. The summed E-state index contributed by atoms with van der Waals surface area (Å²) in [5, 5.41) is 0. The van der Waals surface area contributed by atoms with Crippen molar-refractivity contribution in [3.05, 3.63) is 103 Å². The molecule has 0 aliphatic rings. The van der Waals surface area contributed by atoms with E-state index in [0.29, 0.717) is 13.2 Å². The molecular formula is C27H24BF4NO2. The van der Waals surface area contributed by atoms with Crippen LogP contribution in [0.5, 0.6) is 0 Å². The van der Waals surface area contributed by atoms with Gasteiger partial charge in [-0.25, -0.2) is 0 Å². The molecule has 0 N–H and O–H groups in total. The van der Waals surface area contributed by atoms with Crippen molar-refractivity contribution in [2.75, 3.05) is 6.61 Å². The van der Waals surface area contributed by atoms with Crippen LogP contribution in [0.25, 0.3) is 33.6 Å². The summed E-state index contributed by atoms with van der Waals surface area (Å²) in [6.07, 6.45) is 0. The molecule has 35 heavy (non-hydrogen) atoms. The normalized spacial score (nSPS) is 10.8. The summed E-state index contributed by atoms with van der Waals surface area (Å²) in [6.45, 7) is 2.34. The smallest absolute Gasteiger partial charge is 0.459 e. The van der Waals surface area contributed by atoms with Crippen LogP contribution in [0.3, 0.4) is 0 Å². The Morgan fingerprint density at radius 1 is 0.686 bits per heavy atom. The maximum atomic E-state index is 11.4. The highest BCUT2D eigenvalue weighted by atomic mass is 19.5. The molecule has 4 aromatic rings. The average molecular weight is 481 g/mol. The van der Waals surface area contributed by atoms with Gasteiger partial charge in [0.15, 0.2) is 13.2 Å². The van der Waals surface area contributed by atoms with Gasteiger partial charge < -0.3 is 22.0 Å². The number of benzene rings is 3. The zero-order valence-electron chi connectivity index (χ0n) is 19.1. The van der Waals surface area contributed by atoms with Crippen LogP contribution in [0, 0.1) is 0 Å². The number of pyridine rings is 1. The molecule has 4 rings (SSSR count). The first kappa shape index (κ1) is 25.7. The number of hydrogen-bond acceptors (Lipinski definition) is 2. The van der Waals surface area contributed by atoms with E-state index >= 15 is 0 Å². The van der Waals surface area contributed by atoms with Crippen LogP contribution >= 0.6 is 0 Å². The predicted octanol–water partition coefficient (Wildman–Crippen LogP) is 6.84. The fourth-order valence-corrected chi connectivity index (χ4v) is 3.64. The molecule has 180 valence electrons. The van der Waals surface area contributed by atoms with Crippen LogP contribution in [0.2, 0.25) is 0 Å². The number of carbonyl (C=O) groups excluding carboxylic acids is 1. The minimum Gasteiger partial charge on any atom is -0.459 e. The number of hydrogen-bond donors (Lipinski definition) is 0. The molecule has 0 atom stereocenters. The summed E-state index contributed by atoms with van der Waals surface area (Å²) in [4.78, 5) is 11.4. The van der Waals surface area contributed by atoms with Crippen LogP contribution in [0.4, 0.5) is 17.3 Å². The number of carbonyl (C=O) groups is 1. The van der Waals surface area contributed by atoms with Gasteiger partial charge in [-0.1, -0.05) is 66.7 Å². The van der Waals surface area contributed by atoms with Crippen molar-refractivity contribution in [3.63, 3.8) is 0 Å². The highest BCUT2D eigenvalue weighted by Gasteiger charge is 2.23. The summed E-state index contributed by atoms with van der Waals surface area (Å²) >= 11 is 0. The summed E-state index contributed by atoms with van der Waals surface area (Å²) in [5.74, 6) is -0.265.